The van der Waals surface area contributed by atoms with Crippen LogP contribution < -0.4 is 5.73 Å². The van der Waals surface area contributed by atoms with Crippen molar-refractivity contribution in [2.75, 3.05) is 13.1 Å². The van der Waals surface area contributed by atoms with Crippen molar-refractivity contribution in [1.29, 1.82) is 0 Å². The number of nitrogens with zero attached hydrogens (tertiary/aromatic N) is 2. The average molecular weight is 366 g/mol. The van der Waals surface area contributed by atoms with Gasteiger partial charge in [-0.15, -0.1) is 35.1 Å². The molecule has 3 heterocycles. The van der Waals surface area contributed by atoms with E-state index in [1.807, 2.05) is 18.4 Å². The molecule has 0 unspecified atom stereocenters. The van der Waals surface area contributed by atoms with Gasteiger partial charge in [0, 0.05) is 24.5 Å². The summed E-state index contributed by atoms with van der Waals surface area (Å²) in [5, 5.41) is 2.92. The van der Waals surface area contributed by atoms with Crippen LogP contribution in [0.15, 0.2) is 21.7 Å². The topological polar surface area (TPSA) is 76.3 Å². The van der Waals surface area contributed by atoms with Crippen LogP contribution in [0, 0.1) is 6.92 Å². The van der Waals surface area contributed by atoms with Gasteiger partial charge in [0.15, 0.2) is 0 Å². The zero-order chi connectivity index (χ0) is 14.3. The number of halogens is 1. The first-order valence-corrected chi connectivity index (χ1v) is 9.38. The van der Waals surface area contributed by atoms with Gasteiger partial charge in [0.25, 0.3) is 10.0 Å². The van der Waals surface area contributed by atoms with E-state index in [4.69, 9.17) is 5.73 Å². The maximum Gasteiger partial charge on any atom is 0.252 e. The molecule has 1 fully saturated rings. The van der Waals surface area contributed by atoms with Crippen LogP contribution in [0.1, 0.15) is 11.4 Å². The lowest BCUT2D eigenvalue weighted by Gasteiger charge is -2.14. The smallest absolute Gasteiger partial charge is 0.252 e. The first-order chi connectivity index (χ1) is 9.46. The molecule has 1 saturated heterocycles. The van der Waals surface area contributed by atoms with Gasteiger partial charge < -0.3 is 5.73 Å². The van der Waals surface area contributed by atoms with Gasteiger partial charge in [0.05, 0.1) is 15.6 Å². The molecule has 2 aromatic heterocycles. The van der Waals surface area contributed by atoms with Crippen molar-refractivity contribution in [1.82, 2.24) is 9.29 Å². The average Bonchev–Trinajstić information content (AvgIpc) is 3.07. The molecule has 0 spiro atoms. The van der Waals surface area contributed by atoms with Crippen LogP contribution >= 0.6 is 35.1 Å². The molecule has 21 heavy (non-hydrogen) atoms. The minimum absolute atomic E-state index is 0. The van der Waals surface area contributed by atoms with Crippen LogP contribution in [0.25, 0.3) is 10.6 Å². The summed E-state index contributed by atoms with van der Waals surface area (Å²) in [6.07, 6.45) is 0.725. The summed E-state index contributed by atoms with van der Waals surface area (Å²) < 4.78 is 26.8. The fraction of sp³-hybridized carbons (Fsp3) is 0.417. The maximum atomic E-state index is 12.5. The first kappa shape index (κ1) is 16.9. The number of hydrogen-bond acceptors (Lipinski definition) is 6. The Hall–Kier alpha value is -0.510. The monoisotopic (exact) mass is 365 g/mol. The van der Waals surface area contributed by atoms with E-state index in [0.717, 1.165) is 22.0 Å². The van der Waals surface area contributed by atoms with Crippen LogP contribution in [0.2, 0.25) is 0 Å². The second kappa shape index (κ2) is 6.31. The first-order valence-electron chi connectivity index (χ1n) is 6.25. The second-order valence-electron chi connectivity index (χ2n) is 4.78. The second-order valence-corrected chi connectivity index (χ2v) is 9.09. The van der Waals surface area contributed by atoms with Gasteiger partial charge in [-0.05, 0) is 25.5 Å². The predicted octanol–water partition coefficient (Wildman–Crippen LogP) is 2.32. The third-order valence-corrected chi connectivity index (χ3v) is 7.45. The highest BCUT2D eigenvalue weighted by Gasteiger charge is 2.32. The highest BCUT2D eigenvalue weighted by molar-refractivity contribution is 7.91. The van der Waals surface area contributed by atoms with Crippen LogP contribution in [0.4, 0.5) is 0 Å². The summed E-state index contributed by atoms with van der Waals surface area (Å²) in [5.41, 5.74) is 6.63. The van der Waals surface area contributed by atoms with Gasteiger partial charge in [-0.1, -0.05) is 0 Å². The van der Waals surface area contributed by atoms with E-state index >= 15 is 0 Å². The molecule has 9 heteroatoms. The predicted molar refractivity (Wildman–Crippen MR) is 88.8 cm³/mol. The Morgan fingerprint density at radius 3 is 2.76 bits per heavy atom. The Kier molecular flexibility index (Phi) is 5.07. The van der Waals surface area contributed by atoms with Crippen LogP contribution in [0.3, 0.4) is 0 Å². The molecular formula is C12H16ClN3O2S3. The molecule has 3 rings (SSSR count). The zero-order valence-corrected chi connectivity index (χ0v) is 14.6. The number of aromatic nitrogens is 1. The Morgan fingerprint density at radius 1 is 1.43 bits per heavy atom. The van der Waals surface area contributed by atoms with Gasteiger partial charge in [-0.2, -0.15) is 4.31 Å². The van der Waals surface area contributed by atoms with E-state index in [-0.39, 0.29) is 18.4 Å². The van der Waals surface area contributed by atoms with Crippen molar-refractivity contribution in [2.45, 2.75) is 23.6 Å². The maximum absolute atomic E-state index is 12.5. The number of thiazole rings is 1. The van der Waals surface area contributed by atoms with Gasteiger partial charge in [0.2, 0.25) is 0 Å². The number of nitrogens with two attached hydrogens (primary N) is 1. The van der Waals surface area contributed by atoms with Crippen molar-refractivity contribution in [3.8, 4) is 10.6 Å². The molecule has 0 bridgehead atoms. The van der Waals surface area contributed by atoms with Crippen LogP contribution in [-0.4, -0.2) is 36.8 Å². The van der Waals surface area contributed by atoms with Crippen LogP contribution in [-0.2, 0) is 10.0 Å². The van der Waals surface area contributed by atoms with E-state index in [2.05, 4.69) is 4.98 Å². The third kappa shape index (κ3) is 3.30. The van der Waals surface area contributed by atoms with Crippen molar-refractivity contribution in [2.24, 2.45) is 5.73 Å². The number of thiophene rings is 1. The van der Waals surface area contributed by atoms with Gasteiger partial charge in [-0.25, -0.2) is 13.4 Å². The summed E-state index contributed by atoms with van der Waals surface area (Å²) in [6, 6.07) is 3.43. The fourth-order valence-corrected chi connectivity index (χ4v) is 5.79. The molecule has 0 aliphatic carbocycles. The third-order valence-electron chi connectivity index (χ3n) is 3.23. The Labute approximate surface area is 138 Å². The Bertz CT molecular complexity index is 726. The minimum atomic E-state index is -3.40. The number of rotatable bonds is 3. The lowest BCUT2D eigenvalue weighted by atomic mass is 10.3. The minimum Gasteiger partial charge on any atom is -0.326 e. The highest BCUT2D eigenvalue weighted by Crippen LogP contribution is 2.33. The molecule has 0 radical (unpaired) electrons. The molecular weight excluding hydrogens is 350 g/mol. The number of aryl methyl sites for hydroxylation is 1. The fourth-order valence-electron chi connectivity index (χ4n) is 2.17. The molecule has 1 aliphatic rings. The molecule has 1 aliphatic heterocycles. The summed E-state index contributed by atoms with van der Waals surface area (Å²) >= 11 is 2.83. The zero-order valence-electron chi connectivity index (χ0n) is 11.4. The van der Waals surface area contributed by atoms with Crippen molar-refractivity contribution < 1.29 is 8.42 Å². The van der Waals surface area contributed by atoms with Gasteiger partial charge in [0.1, 0.15) is 4.21 Å². The summed E-state index contributed by atoms with van der Waals surface area (Å²) in [4.78, 5) is 5.27. The summed E-state index contributed by atoms with van der Waals surface area (Å²) in [6.45, 7) is 2.85. The summed E-state index contributed by atoms with van der Waals surface area (Å²) in [5.74, 6) is 0. The molecule has 116 valence electrons. The molecule has 0 amide bonds. The molecule has 5 nitrogen and oxygen atoms in total. The van der Waals surface area contributed by atoms with E-state index in [0.29, 0.717) is 17.3 Å². The van der Waals surface area contributed by atoms with E-state index in [9.17, 15) is 8.42 Å². The van der Waals surface area contributed by atoms with Crippen LogP contribution in [0.5, 0.6) is 0 Å². The Morgan fingerprint density at radius 2 is 2.19 bits per heavy atom. The lowest BCUT2D eigenvalue weighted by molar-refractivity contribution is 0.474. The normalized spacial score (nSPS) is 19.6. The van der Waals surface area contributed by atoms with E-state index < -0.39 is 10.0 Å². The van der Waals surface area contributed by atoms with Crippen molar-refractivity contribution >= 4 is 45.1 Å². The standard InChI is InChI=1S/C12H15N3O2S3.ClH/c1-8-14-10(7-18-8)11-2-3-12(19-11)20(16,17)15-5-4-9(13)6-15;/h2-3,7,9H,4-6,13H2,1H3;1H/t9-;/m1./s1. The SMILES string of the molecule is Cc1nc(-c2ccc(S(=O)(=O)N3CC[C@@H](N)C3)s2)cs1.Cl. The molecule has 0 aromatic carbocycles. The molecule has 2 N–H and O–H groups in total. The van der Waals surface area contributed by atoms with Gasteiger partial charge >= 0.3 is 0 Å². The van der Waals surface area contributed by atoms with Crippen molar-refractivity contribution in [3.05, 3.63) is 22.5 Å². The van der Waals surface area contributed by atoms with E-state index in [1.54, 1.807) is 17.4 Å². The van der Waals surface area contributed by atoms with Crippen molar-refractivity contribution in [3.63, 3.8) is 0 Å². The molecule has 2 aromatic rings. The van der Waals surface area contributed by atoms with E-state index in [1.165, 1.54) is 15.6 Å². The lowest BCUT2D eigenvalue weighted by Crippen LogP contribution is -2.31. The quantitative estimate of drug-likeness (QED) is 0.905. The number of hydrogen-bond donors (Lipinski definition) is 1. The Balaban J connectivity index is 0.00000161. The number of sulfonamides is 1. The molecule has 1 atom stereocenters. The largest absolute Gasteiger partial charge is 0.326 e. The highest BCUT2D eigenvalue weighted by atomic mass is 35.5. The molecule has 0 saturated carbocycles. The summed E-state index contributed by atoms with van der Waals surface area (Å²) in [7, 11) is -3.40. The van der Waals surface area contributed by atoms with Gasteiger partial charge in [-0.3, -0.25) is 0 Å².